The summed E-state index contributed by atoms with van der Waals surface area (Å²) >= 11 is 11.8. The Balaban J connectivity index is 1.97. The molecule has 1 aliphatic rings. The van der Waals surface area contributed by atoms with Crippen molar-refractivity contribution in [3.8, 4) is 0 Å². The molecule has 5 nitrogen and oxygen atoms in total. The van der Waals surface area contributed by atoms with Gasteiger partial charge in [-0.15, -0.1) is 0 Å². The number of urea groups is 1. The van der Waals surface area contributed by atoms with E-state index in [1.54, 1.807) is 18.2 Å². The Kier molecular flexibility index (Phi) is 4.73. The summed E-state index contributed by atoms with van der Waals surface area (Å²) in [6.45, 7) is 0. The van der Waals surface area contributed by atoms with Gasteiger partial charge in [-0.25, -0.2) is 4.79 Å². The molecule has 0 aromatic heterocycles. The van der Waals surface area contributed by atoms with Gasteiger partial charge in [-0.2, -0.15) is 0 Å². The van der Waals surface area contributed by atoms with E-state index < -0.39 is 12.0 Å². The van der Waals surface area contributed by atoms with Crippen LogP contribution in [0.3, 0.4) is 0 Å². The highest BCUT2D eigenvalue weighted by Gasteiger charge is 2.33. The third-order valence-electron chi connectivity index (χ3n) is 3.10. The molecule has 0 aliphatic heterocycles. The van der Waals surface area contributed by atoms with Crippen LogP contribution in [-0.4, -0.2) is 23.1 Å². The van der Waals surface area contributed by atoms with Crippen LogP contribution in [0.4, 0.5) is 10.5 Å². The SMILES string of the molecule is O=C(O)CC(NC(=O)Nc1cccc(Cl)c1Cl)C1CC1. The first kappa shape index (κ1) is 14.9. The molecule has 1 fully saturated rings. The summed E-state index contributed by atoms with van der Waals surface area (Å²) < 4.78 is 0. The maximum absolute atomic E-state index is 11.9. The fraction of sp³-hybridized carbons (Fsp3) is 0.385. The summed E-state index contributed by atoms with van der Waals surface area (Å²) in [6.07, 6.45) is 1.80. The molecule has 0 spiro atoms. The zero-order valence-electron chi connectivity index (χ0n) is 10.5. The van der Waals surface area contributed by atoms with Crippen LogP contribution in [0.1, 0.15) is 19.3 Å². The molecular formula is C13H14Cl2N2O3. The number of hydrogen-bond acceptors (Lipinski definition) is 2. The summed E-state index contributed by atoms with van der Waals surface area (Å²) in [5.74, 6) is -0.685. The first-order chi connectivity index (χ1) is 9.47. The molecule has 3 N–H and O–H groups in total. The Morgan fingerprint density at radius 1 is 1.35 bits per heavy atom. The standard InChI is InChI=1S/C13H14Cl2N2O3/c14-8-2-1-3-9(12(8)15)16-13(20)17-10(6-11(18)19)7-4-5-7/h1-3,7,10H,4-6H2,(H,18,19)(H2,16,17,20). The Morgan fingerprint density at radius 3 is 2.65 bits per heavy atom. The molecule has 1 aliphatic carbocycles. The third-order valence-corrected chi connectivity index (χ3v) is 3.92. The minimum absolute atomic E-state index is 0.0820. The summed E-state index contributed by atoms with van der Waals surface area (Å²) in [4.78, 5) is 22.7. The normalized spacial score (nSPS) is 15.5. The maximum Gasteiger partial charge on any atom is 0.319 e. The van der Waals surface area contributed by atoms with Gasteiger partial charge in [-0.3, -0.25) is 4.79 Å². The molecule has 0 bridgehead atoms. The summed E-state index contributed by atoms with van der Waals surface area (Å²) in [7, 11) is 0. The quantitative estimate of drug-likeness (QED) is 0.779. The van der Waals surface area contributed by atoms with Gasteiger partial charge < -0.3 is 15.7 Å². The summed E-state index contributed by atoms with van der Waals surface area (Å²) in [6, 6.07) is 4.07. The van der Waals surface area contributed by atoms with Gasteiger partial charge in [0, 0.05) is 6.04 Å². The zero-order valence-corrected chi connectivity index (χ0v) is 12.0. The smallest absolute Gasteiger partial charge is 0.319 e. The van der Waals surface area contributed by atoms with Gasteiger partial charge in [0.1, 0.15) is 0 Å². The second-order valence-electron chi connectivity index (χ2n) is 4.74. The molecule has 2 amide bonds. The van der Waals surface area contributed by atoms with E-state index >= 15 is 0 Å². The number of carboxylic acid groups (broad SMARTS) is 1. The van der Waals surface area contributed by atoms with E-state index in [0.29, 0.717) is 10.7 Å². The van der Waals surface area contributed by atoms with Gasteiger partial charge in [0.15, 0.2) is 0 Å². The van der Waals surface area contributed by atoms with Gasteiger partial charge in [-0.1, -0.05) is 29.3 Å². The van der Waals surface area contributed by atoms with Crippen molar-refractivity contribution in [2.75, 3.05) is 5.32 Å². The number of anilines is 1. The van der Waals surface area contributed by atoms with E-state index in [0.717, 1.165) is 12.8 Å². The van der Waals surface area contributed by atoms with Crippen LogP contribution in [0.15, 0.2) is 18.2 Å². The highest BCUT2D eigenvalue weighted by Crippen LogP contribution is 2.34. The predicted octanol–water partition coefficient (Wildman–Crippen LogP) is 3.37. The van der Waals surface area contributed by atoms with Crippen molar-refractivity contribution in [3.05, 3.63) is 28.2 Å². The minimum atomic E-state index is -0.928. The van der Waals surface area contributed by atoms with Crippen LogP contribution in [0.25, 0.3) is 0 Å². The zero-order chi connectivity index (χ0) is 14.7. The number of carboxylic acids is 1. The molecule has 1 atom stereocenters. The van der Waals surface area contributed by atoms with E-state index in [4.69, 9.17) is 28.3 Å². The van der Waals surface area contributed by atoms with E-state index in [-0.39, 0.29) is 23.4 Å². The number of nitrogens with one attached hydrogen (secondary N) is 2. The Hall–Kier alpha value is -1.46. The lowest BCUT2D eigenvalue weighted by Gasteiger charge is -2.17. The summed E-state index contributed by atoms with van der Waals surface area (Å²) in [5, 5.41) is 14.7. The van der Waals surface area contributed by atoms with Crippen LogP contribution in [-0.2, 0) is 4.79 Å². The van der Waals surface area contributed by atoms with Gasteiger partial charge >= 0.3 is 12.0 Å². The fourth-order valence-corrected chi connectivity index (χ4v) is 2.30. The number of carbonyl (C=O) groups is 2. The molecule has 20 heavy (non-hydrogen) atoms. The monoisotopic (exact) mass is 316 g/mol. The molecule has 1 aromatic carbocycles. The van der Waals surface area contributed by atoms with Crippen LogP contribution >= 0.6 is 23.2 Å². The van der Waals surface area contributed by atoms with Crippen LogP contribution in [0.5, 0.6) is 0 Å². The van der Waals surface area contributed by atoms with E-state index in [1.807, 2.05) is 0 Å². The number of benzene rings is 1. The van der Waals surface area contributed by atoms with Crippen molar-refractivity contribution in [3.63, 3.8) is 0 Å². The second-order valence-corrected chi connectivity index (χ2v) is 5.53. The topological polar surface area (TPSA) is 78.4 Å². The van der Waals surface area contributed by atoms with Crippen molar-refractivity contribution >= 4 is 40.9 Å². The fourth-order valence-electron chi connectivity index (χ4n) is 1.95. The van der Waals surface area contributed by atoms with Crippen molar-refractivity contribution in [1.29, 1.82) is 0 Å². The molecule has 2 rings (SSSR count). The summed E-state index contributed by atoms with van der Waals surface area (Å²) in [5.41, 5.74) is 0.390. The number of amides is 2. The number of halogens is 2. The van der Waals surface area contributed by atoms with Gasteiger partial charge in [0.25, 0.3) is 0 Å². The largest absolute Gasteiger partial charge is 0.481 e. The number of carbonyl (C=O) groups excluding carboxylic acids is 1. The average molecular weight is 317 g/mol. The van der Waals surface area contributed by atoms with Gasteiger partial charge in [-0.05, 0) is 30.9 Å². The van der Waals surface area contributed by atoms with Crippen molar-refractivity contribution < 1.29 is 14.7 Å². The van der Waals surface area contributed by atoms with E-state index in [1.165, 1.54) is 0 Å². The molecule has 1 unspecified atom stereocenters. The van der Waals surface area contributed by atoms with E-state index in [9.17, 15) is 9.59 Å². The average Bonchev–Trinajstić information content (AvgIpc) is 3.17. The lowest BCUT2D eigenvalue weighted by Crippen LogP contribution is -2.40. The van der Waals surface area contributed by atoms with Crippen molar-refractivity contribution in [2.45, 2.75) is 25.3 Å². The molecule has 108 valence electrons. The number of aliphatic carboxylic acids is 1. The molecule has 0 saturated heterocycles. The van der Waals surface area contributed by atoms with Crippen LogP contribution in [0, 0.1) is 5.92 Å². The third kappa shape index (κ3) is 4.02. The minimum Gasteiger partial charge on any atom is -0.481 e. The lowest BCUT2D eigenvalue weighted by atomic mass is 10.1. The second kappa shape index (κ2) is 6.33. The predicted molar refractivity (Wildman–Crippen MR) is 77.4 cm³/mol. The molecule has 1 aromatic rings. The molecule has 7 heteroatoms. The molecular weight excluding hydrogens is 303 g/mol. The lowest BCUT2D eigenvalue weighted by molar-refractivity contribution is -0.137. The first-order valence-electron chi connectivity index (χ1n) is 6.20. The van der Waals surface area contributed by atoms with Gasteiger partial charge in [0.05, 0.1) is 22.2 Å². The molecule has 0 radical (unpaired) electrons. The highest BCUT2D eigenvalue weighted by molar-refractivity contribution is 6.43. The van der Waals surface area contributed by atoms with Crippen LogP contribution in [0.2, 0.25) is 10.0 Å². The van der Waals surface area contributed by atoms with Crippen molar-refractivity contribution in [2.24, 2.45) is 5.92 Å². The highest BCUT2D eigenvalue weighted by atomic mass is 35.5. The Morgan fingerprint density at radius 2 is 2.05 bits per heavy atom. The maximum atomic E-state index is 11.9. The van der Waals surface area contributed by atoms with E-state index in [2.05, 4.69) is 10.6 Å². The number of hydrogen-bond donors (Lipinski definition) is 3. The molecule has 1 saturated carbocycles. The molecule has 0 heterocycles. The Bertz CT molecular complexity index is 532. The first-order valence-corrected chi connectivity index (χ1v) is 6.96. The van der Waals surface area contributed by atoms with Crippen molar-refractivity contribution in [1.82, 2.24) is 5.32 Å². The van der Waals surface area contributed by atoms with Crippen LogP contribution < -0.4 is 10.6 Å². The van der Waals surface area contributed by atoms with Gasteiger partial charge in [0.2, 0.25) is 0 Å². The number of rotatable bonds is 5. The Labute approximate surface area is 126 Å².